The molecule has 2 aromatic heterocycles. The number of hydrogen-bond donors (Lipinski definition) is 1. The van der Waals surface area contributed by atoms with Gasteiger partial charge in [-0.1, -0.05) is 13.3 Å². The van der Waals surface area contributed by atoms with Crippen molar-refractivity contribution >= 4 is 5.91 Å². The lowest BCUT2D eigenvalue weighted by Crippen LogP contribution is -2.36. The highest BCUT2D eigenvalue weighted by Crippen LogP contribution is 2.13. The molecule has 164 valence electrons. The smallest absolute Gasteiger partial charge is 0.257 e. The Morgan fingerprint density at radius 3 is 2.40 bits per heavy atom. The minimum Gasteiger partial charge on any atom is -0.350 e. The van der Waals surface area contributed by atoms with E-state index in [0.29, 0.717) is 19.5 Å². The number of likely N-dealkylation sites (tertiary alicyclic amines) is 1. The van der Waals surface area contributed by atoms with Gasteiger partial charge in [-0.2, -0.15) is 5.10 Å². The molecule has 0 aliphatic carbocycles. The summed E-state index contributed by atoms with van der Waals surface area (Å²) in [6, 6.07) is 3.61. The van der Waals surface area contributed by atoms with Crippen LogP contribution in [0.25, 0.3) is 0 Å². The molecule has 7 heteroatoms. The molecule has 0 unspecified atom stereocenters. The van der Waals surface area contributed by atoms with Crippen LogP contribution in [0.5, 0.6) is 0 Å². The number of nitrogens with one attached hydrogen (secondary N) is 1. The highest BCUT2D eigenvalue weighted by molar-refractivity contribution is 5.95. The first kappa shape index (κ1) is 22.3. The summed E-state index contributed by atoms with van der Waals surface area (Å²) in [6.07, 6.45) is 4.48. The van der Waals surface area contributed by atoms with E-state index in [0.717, 1.165) is 49.0 Å². The highest BCUT2D eigenvalue weighted by Gasteiger charge is 2.20. The van der Waals surface area contributed by atoms with E-state index in [9.17, 15) is 9.59 Å². The van der Waals surface area contributed by atoms with E-state index in [2.05, 4.69) is 19.9 Å². The molecule has 1 amide bonds. The van der Waals surface area contributed by atoms with Crippen molar-refractivity contribution in [3.05, 3.63) is 50.7 Å². The van der Waals surface area contributed by atoms with Crippen molar-refractivity contribution in [3.63, 3.8) is 0 Å². The fourth-order valence-electron chi connectivity index (χ4n) is 4.44. The van der Waals surface area contributed by atoms with Crippen LogP contribution < -0.4 is 10.7 Å². The summed E-state index contributed by atoms with van der Waals surface area (Å²) in [5.74, 6) is -0.287. The van der Waals surface area contributed by atoms with Crippen molar-refractivity contribution in [1.82, 2.24) is 24.6 Å². The van der Waals surface area contributed by atoms with Crippen molar-refractivity contribution in [2.24, 2.45) is 0 Å². The Kier molecular flexibility index (Phi) is 7.48. The molecule has 3 rings (SSSR count). The van der Waals surface area contributed by atoms with E-state index in [1.54, 1.807) is 6.07 Å². The molecule has 3 heterocycles. The van der Waals surface area contributed by atoms with Crippen molar-refractivity contribution in [2.75, 3.05) is 26.2 Å². The van der Waals surface area contributed by atoms with Gasteiger partial charge in [-0.15, -0.1) is 0 Å². The molecule has 0 atom stereocenters. The molecule has 1 N–H and O–H groups in total. The number of rotatable bonds is 8. The van der Waals surface area contributed by atoms with Crippen LogP contribution in [-0.4, -0.2) is 51.3 Å². The van der Waals surface area contributed by atoms with Crippen molar-refractivity contribution in [3.8, 4) is 0 Å². The molecule has 7 nitrogen and oxygen atoms in total. The van der Waals surface area contributed by atoms with Gasteiger partial charge >= 0.3 is 0 Å². The summed E-state index contributed by atoms with van der Waals surface area (Å²) in [5.41, 5.74) is 3.87. The van der Waals surface area contributed by atoms with Gasteiger partial charge in [0.2, 0.25) is 0 Å². The Morgan fingerprint density at radius 2 is 1.77 bits per heavy atom. The number of hydrogen-bond acceptors (Lipinski definition) is 4. The summed E-state index contributed by atoms with van der Waals surface area (Å²) in [4.78, 5) is 28.1. The standard InChI is InChI=1S/C23H35N5O2/c1-5-20-22(23(30)24-9-12-28-19(4)15-17(2)25-28)21(29)16-18(3)27(20)14-13-26-10-7-6-8-11-26/h15-16H,5-14H2,1-4H3,(H,24,30). The zero-order valence-electron chi connectivity index (χ0n) is 18.8. The number of aryl methyl sites for hydroxylation is 3. The largest absolute Gasteiger partial charge is 0.350 e. The number of amides is 1. The van der Waals surface area contributed by atoms with Crippen LogP contribution in [-0.2, 0) is 19.5 Å². The third-order valence-electron chi connectivity index (χ3n) is 5.99. The molecule has 0 bridgehead atoms. The first-order valence-electron chi connectivity index (χ1n) is 11.2. The van der Waals surface area contributed by atoms with Crippen LogP contribution in [0.15, 0.2) is 16.9 Å². The third kappa shape index (κ3) is 5.19. The van der Waals surface area contributed by atoms with Gasteiger partial charge < -0.3 is 14.8 Å². The number of nitrogens with zero attached hydrogens (tertiary/aromatic N) is 4. The van der Waals surface area contributed by atoms with E-state index >= 15 is 0 Å². The summed E-state index contributed by atoms with van der Waals surface area (Å²) in [7, 11) is 0. The maximum Gasteiger partial charge on any atom is 0.257 e. The minimum absolute atomic E-state index is 0.192. The van der Waals surface area contributed by atoms with Crippen molar-refractivity contribution < 1.29 is 4.79 Å². The van der Waals surface area contributed by atoms with E-state index in [1.165, 1.54) is 19.3 Å². The maximum absolute atomic E-state index is 12.9. The predicted octanol–water partition coefficient (Wildman–Crippen LogP) is 2.45. The zero-order valence-corrected chi connectivity index (χ0v) is 18.8. The monoisotopic (exact) mass is 413 g/mol. The lowest BCUT2D eigenvalue weighted by Gasteiger charge is -2.28. The van der Waals surface area contributed by atoms with Gasteiger partial charge in [0.15, 0.2) is 5.43 Å². The average molecular weight is 414 g/mol. The summed E-state index contributed by atoms with van der Waals surface area (Å²) >= 11 is 0. The molecular formula is C23H35N5O2. The lowest BCUT2D eigenvalue weighted by molar-refractivity contribution is 0.0948. The second kappa shape index (κ2) is 10.1. The molecule has 1 aliphatic rings. The van der Waals surface area contributed by atoms with Crippen LogP contribution in [0, 0.1) is 20.8 Å². The van der Waals surface area contributed by atoms with E-state index in [1.807, 2.05) is 38.4 Å². The maximum atomic E-state index is 12.9. The number of piperidine rings is 1. The van der Waals surface area contributed by atoms with E-state index in [4.69, 9.17) is 0 Å². The highest BCUT2D eigenvalue weighted by atomic mass is 16.2. The minimum atomic E-state index is -0.287. The van der Waals surface area contributed by atoms with Crippen LogP contribution in [0.1, 0.15) is 59.3 Å². The third-order valence-corrected chi connectivity index (χ3v) is 5.99. The normalized spacial score (nSPS) is 14.8. The predicted molar refractivity (Wildman–Crippen MR) is 119 cm³/mol. The Bertz CT molecular complexity index is 938. The molecule has 1 saturated heterocycles. The zero-order chi connectivity index (χ0) is 21.7. The summed E-state index contributed by atoms with van der Waals surface area (Å²) in [6.45, 7) is 13.0. The van der Waals surface area contributed by atoms with E-state index < -0.39 is 0 Å². The van der Waals surface area contributed by atoms with Gasteiger partial charge in [-0.3, -0.25) is 14.3 Å². The Morgan fingerprint density at radius 1 is 1.03 bits per heavy atom. The average Bonchev–Trinajstić information content (AvgIpc) is 3.04. The fraction of sp³-hybridized carbons (Fsp3) is 0.609. The first-order chi connectivity index (χ1) is 14.4. The lowest BCUT2D eigenvalue weighted by atomic mass is 10.1. The number of aromatic nitrogens is 3. The summed E-state index contributed by atoms with van der Waals surface area (Å²) in [5, 5.41) is 7.35. The Labute approximate surface area is 179 Å². The summed E-state index contributed by atoms with van der Waals surface area (Å²) < 4.78 is 4.04. The number of pyridine rings is 1. The molecule has 30 heavy (non-hydrogen) atoms. The van der Waals surface area contributed by atoms with Crippen LogP contribution in [0.4, 0.5) is 0 Å². The van der Waals surface area contributed by atoms with Gasteiger partial charge in [0.1, 0.15) is 5.56 Å². The SMILES string of the molecule is CCc1c(C(=O)NCCn2nc(C)cc2C)c(=O)cc(C)n1CCN1CCCCC1. The van der Waals surface area contributed by atoms with Crippen molar-refractivity contribution in [2.45, 2.75) is 66.5 Å². The fourth-order valence-corrected chi connectivity index (χ4v) is 4.44. The first-order valence-corrected chi connectivity index (χ1v) is 11.2. The quantitative estimate of drug-likeness (QED) is 0.722. The molecule has 0 spiro atoms. The van der Waals surface area contributed by atoms with Gasteiger partial charge in [-0.25, -0.2) is 0 Å². The van der Waals surface area contributed by atoms with E-state index in [-0.39, 0.29) is 16.9 Å². The molecular weight excluding hydrogens is 378 g/mol. The van der Waals surface area contributed by atoms with Crippen LogP contribution >= 0.6 is 0 Å². The van der Waals surface area contributed by atoms with Crippen LogP contribution in [0.2, 0.25) is 0 Å². The van der Waals surface area contributed by atoms with Gasteiger partial charge in [0, 0.05) is 42.8 Å². The van der Waals surface area contributed by atoms with Gasteiger partial charge in [0.05, 0.1) is 12.2 Å². The van der Waals surface area contributed by atoms with Crippen LogP contribution in [0.3, 0.4) is 0 Å². The molecule has 0 aromatic carbocycles. The second-order valence-corrected chi connectivity index (χ2v) is 8.29. The topological polar surface area (TPSA) is 72.2 Å². The molecule has 1 fully saturated rings. The molecule has 0 radical (unpaired) electrons. The Balaban J connectivity index is 1.73. The molecule has 1 aliphatic heterocycles. The molecule has 0 saturated carbocycles. The number of carbonyl (C=O) groups is 1. The van der Waals surface area contributed by atoms with Gasteiger partial charge in [0.25, 0.3) is 5.91 Å². The molecule has 2 aromatic rings. The Hall–Kier alpha value is -2.41. The second-order valence-electron chi connectivity index (χ2n) is 8.29. The number of carbonyl (C=O) groups excluding carboxylic acids is 1. The van der Waals surface area contributed by atoms with Crippen molar-refractivity contribution in [1.29, 1.82) is 0 Å². The van der Waals surface area contributed by atoms with Gasteiger partial charge in [-0.05, 0) is 59.2 Å².